The molecular weight excluding hydrogens is 204 g/mol. The van der Waals surface area contributed by atoms with Gasteiger partial charge in [-0.25, -0.2) is 0 Å². The van der Waals surface area contributed by atoms with Gasteiger partial charge in [0.15, 0.2) is 0 Å². The fourth-order valence-electron chi connectivity index (χ4n) is 1.89. The lowest BCUT2D eigenvalue weighted by molar-refractivity contribution is 0.0811. The monoisotopic (exact) mass is 220 g/mol. The Kier molecular flexibility index (Phi) is 2.64. The van der Waals surface area contributed by atoms with Crippen LogP contribution in [0, 0.1) is 0 Å². The van der Waals surface area contributed by atoms with Gasteiger partial charge in [-0.05, 0) is 26.0 Å². The second-order valence-corrected chi connectivity index (χ2v) is 4.58. The van der Waals surface area contributed by atoms with Gasteiger partial charge in [0.1, 0.15) is 11.3 Å². The first-order chi connectivity index (χ1) is 7.51. The van der Waals surface area contributed by atoms with Gasteiger partial charge in [0.25, 0.3) is 0 Å². The molecule has 1 N–H and O–H groups in total. The normalized spacial score (nSPS) is 12.0. The molecule has 2 aromatic rings. The zero-order valence-corrected chi connectivity index (χ0v) is 9.78. The molecule has 3 nitrogen and oxygen atoms in total. The van der Waals surface area contributed by atoms with E-state index < -0.39 is 5.60 Å². The van der Waals surface area contributed by atoms with Crippen LogP contribution in [0.25, 0.3) is 11.0 Å². The van der Waals surface area contributed by atoms with Gasteiger partial charge >= 0.3 is 0 Å². The first-order valence-corrected chi connectivity index (χ1v) is 5.27. The van der Waals surface area contributed by atoms with E-state index in [1.165, 1.54) is 0 Å². The third kappa shape index (κ3) is 2.04. The second-order valence-electron chi connectivity index (χ2n) is 4.58. The zero-order valence-electron chi connectivity index (χ0n) is 9.78. The van der Waals surface area contributed by atoms with Crippen molar-refractivity contribution in [3.63, 3.8) is 0 Å². The van der Waals surface area contributed by atoms with Crippen molar-refractivity contribution in [1.29, 1.82) is 0 Å². The molecule has 0 saturated carbocycles. The van der Waals surface area contributed by atoms with Crippen LogP contribution < -0.4 is 4.74 Å². The predicted molar refractivity (Wildman–Crippen MR) is 62.8 cm³/mol. The number of benzene rings is 1. The average Bonchev–Trinajstić information content (AvgIpc) is 2.59. The van der Waals surface area contributed by atoms with Gasteiger partial charge in [-0.15, -0.1) is 0 Å². The van der Waals surface area contributed by atoms with Crippen LogP contribution in [0.5, 0.6) is 5.75 Å². The molecule has 0 atom stereocenters. The van der Waals surface area contributed by atoms with Gasteiger partial charge in [0.05, 0.1) is 24.4 Å². The highest BCUT2D eigenvalue weighted by Gasteiger charge is 2.19. The van der Waals surface area contributed by atoms with Gasteiger partial charge in [-0.1, -0.05) is 6.07 Å². The van der Waals surface area contributed by atoms with Gasteiger partial charge in [-0.3, -0.25) is 0 Å². The van der Waals surface area contributed by atoms with Crippen LogP contribution in [0.3, 0.4) is 0 Å². The van der Waals surface area contributed by atoms with Crippen molar-refractivity contribution < 1.29 is 14.3 Å². The van der Waals surface area contributed by atoms with E-state index in [4.69, 9.17) is 9.15 Å². The smallest absolute Gasteiger partial charge is 0.137 e. The highest BCUT2D eigenvalue weighted by molar-refractivity contribution is 5.87. The van der Waals surface area contributed by atoms with Crippen LogP contribution in [-0.2, 0) is 6.42 Å². The summed E-state index contributed by atoms with van der Waals surface area (Å²) in [6, 6.07) is 5.68. The van der Waals surface area contributed by atoms with Gasteiger partial charge in [-0.2, -0.15) is 0 Å². The van der Waals surface area contributed by atoms with E-state index in [9.17, 15) is 5.11 Å². The number of rotatable bonds is 3. The molecule has 1 aromatic heterocycles. The van der Waals surface area contributed by atoms with Crippen LogP contribution >= 0.6 is 0 Å². The molecule has 1 heterocycles. The summed E-state index contributed by atoms with van der Waals surface area (Å²) in [6.07, 6.45) is 2.23. The van der Waals surface area contributed by atoms with E-state index >= 15 is 0 Å². The summed E-state index contributed by atoms with van der Waals surface area (Å²) < 4.78 is 10.7. The predicted octanol–water partition coefficient (Wildman–Crippen LogP) is 2.75. The lowest BCUT2D eigenvalue weighted by Crippen LogP contribution is -2.21. The van der Waals surface area contributed by atoms with Crippen molar-refractivity contribution in [1.82, 2.24) is 0 Å². The van der Waals surface area contributed by atoms with Crippen LogP contribution in [0.15, 0.2) is 28.9 Å². The average molecular weight is 220 g/mol. The molecule has 1 aromatic carbocycles. The lowest BCUT2D eigenvalue weighted by atomic mass is 9.98. The fraction of sp³-hybridized carbons (Fsp3) is 0.385. The summed E-state index contributed by atoms with van der Waals surface area (Å²) in [6.45, 7) is 3.56. The molecule has 0 radical (unpaired) electrons. The van der Waals surface area contributed by atoms with E-state index in [1.54, 1.807) is 27.2 Å². The molecular formula is C13H16O3. The summed E-state index contributed by atoms with van der Waals surface area (Å²) in [7, 11) is 1.63. The molecule has 0 fully saturated rings. The molecule has 86 valence electrons. The third-order valence-corrected chi connectivity index (χ3v) is 2.48. The number of methoxy groups -OCH3 is 1. The minimum absolute atomic E-state index is 0.542. The maximum atomic E-state index is 9.83. The molecule has 0 bridgehead atoms. The number of ether oxygens (including phenoxy) is 1. The van der Waals surface area contributed by atoms with Gasteiger partial charge in [0, 0.05) is 12.0 Å². The molecule has 3 heteroatoms. The van der Waals surface area contributed by atoms with E-state index in [-0.39, 0.29) is 0 Å². The van der Waals surface area contributed by atoms with Crippen LogP contribution in [0.1, 0.15) is 19.4 Å². The van der Waals surface area contributed by atoms with E-state index in [0.717, 1.165) is 22.3 Å². The molecule has 0 saturated heterocycles. The summed E-state index contributed by atoms with van der Waals surface area (Å²) in [5.41, 5.74) is 1.01. The van der Waals surface area contributed by atoms with Crippen LogP contribution in [-0.4, -0.2) is 17.8 Å². The van der Waals surface area contributed by atoms with Crippen molar-refractivity contribution >= 4 is 11.0 Å². The Morgan fingerprint density at radius 3 is 2.75 bits per heavy atom. The Bertz CT molecular complexity index is 491. The van der Waals surface area contributed by atoms with E-state index in [2.05, 4.69) is 0 Å². The zero-order chi connectivity index (χ0) is 11.8. The molecule has 0 unspecified atom stereocenters. The number of aliphatic hydroxyl groups is 1. The Morgan fingerprint density at radius 2 is 2.12 bits per heavy atom. The molecule has 2 rings (SSSR count). The quantitative estimate of drug-likeness (QED) is 0.864. The summed E-state index contributed by atoms with van der Waals surface area (Å²) in [4.78, 5) is 0. The maximum absolute atomic E-state index is 9.83. The van der Waals surface area contributed by atoms with E-state index in [0.29, 0.717) is 6.42 Å². The molecule has 0 aliphatic carbocycles. The van der Waals surface area contributed by atoms with E-state index in [1.807, 2.05) is 18.2 Å². The van der Waals surface area contributed by atoms with Gasteiger partial charge < -0.3 is 14.3 Å². The number of fused-ring (bicyclic) bond motifs is 1. The summed E-state index contributed by atoms with van der Waals surface area (Å²) >= 11 is 0. The standard InChI is InChI=1S/C13H16O3/c1-13(2,14)7-9-8-16-11-6-4-5-10(15-3)12(9)11/h4-6,8,14H,7H2,1-3H3. The largest absolute Gasteiger partial charge is 0.496 e. The first-order valence-electron chi connectivity index (χ1n) is 5.27. The van der Waals surface area contributed by atoms with Crippen LogP contribution in [0.4, 0.5) is 0 Å². The number of furan rings is 1. The van der Waals surface area contributed by atoms with Crippen molar-refractivity contribution in [2.24, 2.45) is 0 Å². The Balaban J connectivity index is 2.54. The number of hydrogen-bond acceptors (Lipinski definition) is 3. The SMILES string of the molecule is COc1cccc2occ(CC(C)(C)O)c12. The molecule has 0 aliphatic rings. The Hall–Kier alpha value is -1.48. The minimum atomic E-state index is -0.752. The maximum Gasteiger partial charge on any atom is 0.137 e. The molecule has 0 amide bonds. The van der Waals surface area contributed by atoms with Crippen molar-refractivity contribution in [2.75, 3.05) is 7.11 Å². The second kappa shape index (κ2) is 3.83. The van der Waals surface area contributed by atoms with Crippen molar-refractivity contribution in [3.8, 4) is 5.75 Å². The molecule has 0 spiro atoms. The molecule has 16 heavy (non-hydrogen) atoms. The Labute approximate surface area is 94.6 Å². The number of hydrogen-bond donors (Lipinski definition) is 1. The van der Waals surface area contributed by atoms with Gasteiger partial charge in [0.2, 0.25) is 0 Å². The van der Waals surface area contributed by atoms with Crippen LogP contribution in [0.2, 0.25) is 0 Å². The highest BCUT2D eigenvalue weighted by atomic mass is 16.5. The topological polar surface area (TPSA) is 42.6 Å². The van der Waals surface area contributed by atoms with Crippen molar-refractivity contribution in [3.05, 3.63) is 30.0 Å². The minimum Gasteiger partial charge on any atom is -0.496 e. The summed E-state index contributed by atoms with van der Waals surface area (Å²) in [5.74, 6) is 0.783. The lowest BCUT2D eigenvalue weighted by Gasteiger charge is -2.16. The molecule has 0 aliphatic heterocycles. The Morgan fingerprint density at radius 1 is 1.38 bits per heavy atom. The van der Waals surface area contributed by atoms with Crippen molar-refractivity contribution in [2.45, 2.75) is 25.9 Å². The first kappa shape index (κ1) is 11.0. The fourth-order valence-corrected chi connectivity index (χ4v) is 1.89. The third-order valence-electron chi connectivity index (χ3n) is 2.48. The highest BCUT2D eigenvalue weighted by Crippen LogP contribution is 2.32. The summed E-state index contributed by atoms with van der Waals surface area (Å²) in [5, 5.41) is 10.8.